The quantitative estimate of drug-likeness (QED) is 0.469. The lowest BCUT2D eigenvalue weighted by atomic mass is 10.4. The predicted octanol–water partition coefficient (Wildman–Crippen LogP) is -0.476. The number of carbonyl (C=O) groups is 2. The summed E-state index contributed by atoms with van der Waals surface area (Å²) in [5.41, 5.74) is 0. The van der Waals surface area contributed by atoms with Gasteiger partial charge in [-0.25, -0.2) is 0 Å². The number of unbranched alkanes of at least 4 members (excludes halogenated alkanes) is 1. The van der Waals surface area contributed by atoms with E-state index in [2.05, 4.69) is 12.2 Å². The van der Waals surface area contributed by atoms with Gasteiger partial charge in [-0.3, -0.25) is 14.9 Å². The lowest BCUT2D eigenvalue weighted by Crippen LogP contribution is -2.27. The van der Waals surface area contributed by atoms with E-state index in [1.807, 2.05) is 0 Å². The summed E-state index contributed by atoms with van der Waals surface area (Å²) in [4.78, 5) is 19.5. The summed E-state index contributed by atoms with van der Waals surface area (Å²) in [5, 5.41) is 26.2. The van der Waals surface area contributed by atoms with E-state index >= 15 is 0 Å². The third-order valence-electron chi connectivity index (χ3n) is 1.06. The molecule has 0 atom stereocenters. The van der Waals surface area contributed by atoms with E-state index in [4.69, 9.17) is 15.3 Å². The van der Waals surface area contributed by atoms with Gasteiger partial charge in [0.1, 0.15) is 0 Å². The molecule has 84 valence electrons. The molecule has 6 heteroatoms. The minimum absolute atomic E-state index is 0.313. The molecular formula is C8H17NO5. The summed E-state index contributed by atoms with van der Waals surface area (Å²) in [6.07, 6.45) is 2.04. The molecule has 0 aliphatic heterocycles. The van der Waals surface area contributed by atoms with Crippen LogP contribution in [0.4, 0.5) is 0 Å². The van der Waals surface area contributed by atoms with Crippen LogP contribution in [0.3, 0.4) is 0 Å². The molecule has 0 aromatic heterocycles. The van der Waals surface area contributed by atoms with Crippen LogP contribution < -0.4 is 5.32 Å². The molecule has 0 saturated carbocycles. The molecule has 0 rings (SSSR count). The Labute approximate surface area is 82.6 Å². The van der Waals surface area contributed by atoms with Gasteiger partial charge in [0.15, 0.2) is 0 Å². The van der Waals surface area contributed by atoms with Gasteiger partial charge in [-0.15, -0.1) is 0 Å². The van der Waals surface area contributed by atoms with E-state index in [0.29, 0.717) is 6.61 Å². The Kier molecular flexibility index (Phi) is 13.0. The maximum absolute atomic E-state index is 9.73. The normalized spacial score (nSPS) is 8.71. The molecule has 0 radical (unpaired) electrons. The highest BCUT2D eigenvalue weighted by atomic mass is 16.4. The summed E-state index contributed by atoms with van der Waals surface area (Å²) in [5.74, 6) is -2.12. The van der Waals surface area contributed by atoms with Crippen LogP contribution >= 0.6 is 0 Å². The highest BCUT2D eigenvalue weighted by Gasteiger charge is 1.97. The maximum Gasteiger partial charge on any atom is 0.317 e. The van der Waals surface area contributed by atoms with E-state index in [1.165, 1.54) is 0 Å². The van der Waals surface area contributed by atoms with Gasteiger partial charge in [0.2, 0.25) is 0 Å². The fourth-order valence-electron chi connectivity index (χ4n) is 0.434. The van der Waals surface area contributed by atoms with Crippen LogP contribution in [0.15, 0.2) is 0 Å². The number of carboxylic acid groups (broad SMARTS) is 2. The largest absolute Gasteiger partial charge is 0.480 e. The summed E-state index contributed by atoms with van der Waals surface area (Å²) < 4.78 is 0. The van der Waals surface area contributed by atoms with Crippen molar-refractivity contribution in [1.29, 1.82) is 0 Å². The smallest absolute Gasteiger partial charge is 0.317 e. The highest BCUT2D eigenvalue weighted by Crippen LogP contribution is 1.78. The zero-order valence-electron chi connectivity index (χ0n) is 8.19. The second-order valence-electron chi connectivity index (χ2n) is 2.47. The Morgan fingerprint density at radius 2 is 1.57 bits per heavy atom. The van der Waals surface area contributed by atoms with E-state index < -0.39 is 11.9 Å². The monoisotopic (exact) mass is 207 g/mol. The highest BCUT2D eigenvalue weighted by molar-refractivity contribution is 5.72. The molecule has 0 heterocycles. The van der Waals surface area contributed by atoms with Gasteiger partial charge >= 0.3 is 11.9 Å². The molecule has 0 amide bonds. The number of hydrogen-bond donors (Lipinski definition) is 4. The Hall–Kier alpha value is -1.14. The SMILES string of the molecule is CCCCO.O=C(O)CNCC(=O)O. The molecule has 0 spiro atoms. The number of carboxylic acids is 2. The Bertz CT molecular complexity index is 144. The molecule has 14 heavy (non-hydrogen) atoms. The third kappa shape index (κ3) is 22.4. The number of aliphatic hydroxyl groups is 1. The Morgan fingerprint density at radius 3 is 1.71 bits per heavy atom. The zero-order chi connectivity index (χ0) is 11.4. The first kappa shape index (κ1) is 15.3. The van der Waals surface area contributed by atoms with Crippen molar-refractivity contribution in [1.82, 2.24) is 5.32 Å². The average molecular weight is 207 g/mol. The van der Waals surface area contributed by atoms with Crippen molar-refractivity contribution in [3.8, 4) is 0 Å². The van der Waals surface area contributed by atoms with Crippen molar-refractivity contribution in [3.05, 3.63) is 0 Å². The second-order valence-corrected chi connectivity index (χ2v) is 2.47. The van der Waals surface area contributed by atoms with Gasteiger partial charge in [-0.1, -0.05) is 13.3 Å². The molecule has 0 bridgehead atoms. The van der Waals surface area contributed by atoms with Crippen molar-refractivity contribution in [2.45, 2.75) is 19.8 Å². The molecule has 0 fully saturated rings. The fraction of sp³-hybridized carbons (Fsp3) is 0.750. The van der Waals surface area contributed by atoms with Crippen molar-refractivity contribution in [2.24, 2.45) is 0 Å². The molecule has 0 aromatic carbocycles. The number of hydrogen-bond acceptors (Lipinski definition) is 4. The first-order valence-corrected chi connectivity index (χ1v) is 4.29. The minimum Gasteiger partial charge on any atom is -0.480 e. The van der Waals surface area contributed by atoms with Gasteiger partial charge in [0.05, 0.1) is 13.1 Å². The van der Waals surface area contributed by atoms with Crippen LogP contribution in [0.2, 0.25) is 0 Å². The molecule has 0 aromatic rings. The van der Waals surface area contributed by atoms with E-state index in [-0.39, 0.29) is 13.1 Å². The topological polar surface area (TPSA) is 107 Å². The van der Waals surface area contributed by atoms with Crippen LogP contribution in [0.1, 0.15) is 19.8 Å². The Balaban J connectivity index is 0. The Morgan fingerprint density at radius 1 is 1.14 bits per heavy atom. The molecule has 0 saturated heterocycles. The summed E-state index contributed by atoms with van der Waals surface area (Å²) in [6.45, 7) is 1.77. The number of aliphatic hydroxyl groups excluding tert-OH is 1. The van der Waals surface area contributed by atoms with E-state index in [9.17, 15) is 9.59 Å². The summed E-state index contributed by atoms with van der Waals surface area (Å²) in [7, 11) is 0. The van der Waals surface area contributed by atoms with E-state index in [1.54, 1.807) is 0 Å². The lowest BCUT2D eigenvalue weighted by molar-refractivity contribution is -0.137. The second kappa shape index (κ2) is 11.9. The van der Waals surface area contributed by atoms with Crippen LogP contribution in [0, 0.1) is 0 Å². The van der Waals surface area contributed by atoms with Gasteiger partial charge in [-0.2, -0.15) is 0 Å². The van der Waals surface area contributed by atoms with Crippen molar-refractivity contribution in [2.75, 3.05) is 19.7 Å². The molecule has 0 aliphatic carbocycles. The van der Waals surface area contributed by atoms with E-state index in [0.717, 1.165) is 12.8 Å². The van der Waals surface area contributed by atoms with Crippen molar-refractivity contribution in [3.63, 3.8) is 0 Å². The molecule has 4 N–H and O–H groups in total. The zero-order valence-corrected chi connectivity index (χ0v) is 8.19. The predicted molar refractivity (Wildman–Crippen MR) is 50.1 cm³/mol. The van der Waals surface area contributed by atoms with Gasteiger partial charge in [0, 0.05) is 6.61 Å². The first-order valence-electron chi connectivity index (χ1n) is 4.29. The fourth-order valence-corrected chi connectivity index (χ4v) is 0.434. The maximum atomic E-state index is 9.73. The molecule has 0 aliphatic rings. The third-order valence-corrected chi connectivity index (χ3v) is 1.06. The van der Waals surface area contributed by atoms with Gasteiger partial charge < -0.3 is 15.3 Å². The first-order chi connectivity index (χ1) is 6.54. The lowest BCUT2D eigenvalue weighted by Gasteiger charge is -1.93. The minimum atomic E-state index is -1.06. The van der Waals surface area contributed by atoms with Gasteiger partial charge in [0.25, 0.3) is 0 Å². The van der Waals surface area contributed by atoms with Crippen molar-refractivity contribution < 1.29 is 24.9 Å². The average Bonchev–Trinajstić information content (AvgIpc) is 2.05. The summed E-state index contributed by atoms with van der Waals surface area (Å²) >= 11 is 0. The van der Waals surface area contributed by atoms with Crippen molar-refractivity contribution >= 4 is 11.9 Å². The number of nitrogens with one attached hydrogen (secondary N) is 1. The molecule has 6 nitrogen and oxygen atoms in total. The van der Waals surface area contributed by atoms with Crippen LogP contribution in [-0.4, -0.2) is 47.0 Å². The van der Waals surface area contributed by atoms with Gasteiger partial charge in [-0.05, 0) is 6.42 Å². The van der Waals surface area contributed by atoms with Crippen LogP contribution in [0.25, 0.3) is 0 Å². The standard InChI is InChI=1S/C4H7NO4.C4H10O/c6-3(7)1-5-2-4(8)9;1-2-3-4-5/h5H,1-2H2,(H,6,7)(H,8,9);5H,2-4H2,1H3. The molecule has 0 unspecified atom stereocenters. The van der Waals surface area contributed by atoms with Crippen LogP contribution in [-0.2, 0) is 9.59 Å². The number of aliphatic carboxylic acids is 2. The molecular weight excluding hydrogens is 190 g/mol. The van der Waals surface area contributed by atoms with Crippen LogP contribution in [0.5, 0.6) is 0 Å². The number of rotatable bonds is 6. The summed E-state index contributed by atoms with van der Waals surface area (Å²) in [6, 6.07) is 0.